The third-order valence-electron chi connectivity index (χ3n) is 4.24. The number of benzene rings is 1. The first kappa shape index (κ1) is 14.0. The molecule has 2 bridgehead atoms. The van der Waals surface area contributed by atoms with E-state index < -0.39 is 17.8 Å². The van der Waals surface area contributed by atoms with Crippen LogP contribution in [0, 0.1) is 17.7 Å². The molecule has 112 valence electrons. The number of halogens is 1. The van der Waals surface area contributed by atoms with Crippen molar-refractivity contribution >= 4 is 11.9 Å². The van der Waals surface area contributed by atoms with Crippen molar-refractivity contribution in [2.45, 2.75) is 31.6 Å². The number of carboxylic acids is 1. The minimum absolute atomic E-state index is 0.249. The van der Waals surface area contributed by atoms with Crippen molar-refractivity contribution in [3.63, 3.8) is 0 Å². The third-order valence-corrected chi connectivity index (χ3v) is 4.24. The van der Waals surface area contributed by atoms with Crippen LogP contribution in [0.3, 0.4) is 0 Å². The largest absolute Gasteiger partial charge is 0.481 e. The maximum Gasteiger partial charge on any atom is 0.310 e. The number of fused-ring (bicyclic) bond motifs is 2. The number of nitrogens with one attached hydrogen (secondary N) is 1. The van der Waals surface area contributed by atoms with Crippen molar-refractivity contribution in [3.8, 4) is 0 Å². The van der Waals surface area contributed by atoms with E-state index in [9.17, 15) is 19.1 Å². The highest BCUT2D eigenvalue weighted by Gasteiger charge is 2.55. The van der Waals surface area contributed by atoms with E-state index in [0.29, 0.717) is 6.42 Å². The van der Waals surface area contributed by atoms with Crippen LogP contribution in [-0.2, 0) is 20.9 Å². The Morgan fingerprint density at radius 1 is 1.19 bits per heavy atom. The lowest BCUT2D eigenvalue weighted by atomic mass is 9.78. The molecule has 0 aromatic heterocycles. The van der Waals surface area contributed by atoms with Gasteiger partial charge in [-0.25, -0.2) is 4.39 Å². The fourth-order valence-electron chi connectivity index (χ4n) is 3.23. The van der Waals surface area contributed by atoms with Gasteiger partial charge in [0.05, 0.1) is 24.0 Å². The van der Waals surface area contributed by atoms with Crippen LogP contribution in [-0.4, -0.2) is 29.2 Å². The number of amides is 1. The average molecular weight is 293 g/mol. The first-order valence-corrected chi connectivity index (χ1v) is 6.96. The number of hydrogen-bond donors (Lipinski definition) is 2. The highest BCUT2D eigenvalue weighted by molar-refractivity contribution is 5.86. The molecule has 1 amide bonds. The van der Waals surface area contributed by atoms with E-state index in [4.69, 9.17) is 4.74 Å². The van der Waals surface area contributed by atoms with Gasteiger partial charge in [0.1, 0.15) is 5.82 Å². The van der Waals surface area contributed by atoms with E-state index in [1.54, 1.807) is 12.1 Å². The zero-order valence-corrected chi connectivity index (χ0v) is 11.3. The van der Waals surface area contributed by atoms with E-state index in [1.165, 1.54) is 12.1 Å². The molecule has 2 N–H and O–H groups in total. The number of carbonyl (C=O) groups is 2. The van der Waals surface area contributed by atoms with Crippen LogP contribution in [0.4, 0.5) is 4.39 Å². The fraction of sp³-hybridized carbons (Fsp3) is 0.467. The van der Waals surface area contributed by atoms with E-state index >= 15 is 0 Å². The molecular weight excluding hydrogens is 277 g/mol. The summed E-state index contributed by atoms with van der Waals surface area (Å²) in [7, 11) is 0. The second-order valence-corrected chi connectivity index (χ2v) is 5.52. The van der Waals surface area contributed by atoms with Crippen LogP contribution in [0.2, 0.25) is 0 Å². The van der Waals surface area contributed by atoms with Crippen LogP contribution in [0.15, 0.2) is 24.3 Å². The molecule has 1 aromatic rings. The highest BCUT2D eigenvalue weighted by atomic mass is 19.1. The molecule has 0 radical (unpaired) electrons. The van der Waals surface area contributed by atoms with Crippen LogP contribution in [0.1, 0.15) is 18.4 Å². The monoisotopic (exact) mass is 293 g/mol. The minimum Gasteiger partial charge on any atom is -0.481 e. The number of hydrogen-bond acceptors (Lipinski definition) is 3. The van der Waals surface area contributed by atoms with Gasteiger partial charge in [-0.3, -0.25) is 9.59 Å². The molecule has 2 heterocycles. The van der Waals surface area contributed by atoms with E-state index in [2.05, 4.69) is 5.32 Å². The summed E-state index contributed by atoms with van der Waals surface area (Å²) in [6.07, 6.45) is 0.769. The molecular formula is C15H16FNO4. The summed E-state index contributed by atoms with van der Waals surface area (Å²) in [6, 6.07) is 5.81. The molecule has 2 aliphatic heterocycles. The molecule has 4 atom stereocenters. The minimum atomic E-state index is -0.982. The second-order valence-electron chi connectivity index (χ2n) is 5.52. The Kier molecular flexibility index (Phi) is 3.63. The Morgan fingerprint density at radius 2 is 1.81 bits per heavy atom. The van der Waals surface area contributed by atoms with Gasteiger partial charge in [-0.1, -0.05) is 12.1 Å². The SMILES string of the molecule is O=C(O)C1C2CCC(O2)C1C(=O)NCc1ccc(F)cc1. The predicted octanol–water partition coefficient (Wildman–Crippen LogP) is 1.32. The lowest BCUT2D eigenvalue weighted by Crippen LogP contribution is -2.43. The van der Waals surface area contributed by atoms with Crippen molar-refractivity contribution in [2.24, 2.45) is 11.8 Å². The quantitative estimate of drug-likeness (QED) is 0.878. The maximum absolute atomic E-state index is 12.8. The predicted molar refractivity (Wildman–Crippen MR) is 70.8 cm³/mol. The Bertz CT molecular complexity index is 559. The number of rotatable bonds is 4. The van der Waals surface area contributed by atoms with Gasteiger partial charge in [-0.15, -0.1) is 0 Å². The molecule has 2 aliphatic rings. The second kappa shape index (κ2) is 5.44. The van der Waals surface area contributed by atoms with Gasteiger partial charge in [0.2, 0.25) is 5.91 Å². The molecule has 2 fully saturated rings. The molecule has 4 unspecified atom stereocenters. The molecule has 1 aromatic carbocycles. The zero-order chi connectivity index (χ0) is 15.0. The first-order chi connectivity index (χ1) is 10.1. The van der Waals surface area contributed by atoms with Crippen LogP contribution >= 0.6 is 0 Å². The molecule has 5 nitrogen and oxygen atoms in total. The van der Waals surface area contributed by atoms with Crippen molar-refractivity contribution < 1.29 is 23.8 Å². The molecule has 6 heteroatoms. The van der Waals surface area contributed by atoms with Crippen LogP contribution < -0.4 is 5.32 Å². The number of aliphatic carboxylic acids is 1. The summed E-state index contributed by atoms with van der Waals surface area (Å²) < 4.78 is 18.4. The molecule has 0 spiro atoms. The summed E-state index contributed by atoms with van der Waals surface area (Å²) in [5.74, 6) is -3.03. The van der Waals surface area contributed by atoms with E-state index in [1.807, 2.05) is 0 Å². The number of carboxylic acid groups (broad SMARTS) is 1. The summed E-state index contributed by atoms with van der Waals surface area (Å²) in [4.78, 5) is 23.6. The van der Waals surface area contributed by atoms with Crippen molar-refractivity contribution in [1.82, 2.24) is 5.32 Å². The Morgan fingerprint density at radius 3 is 2.43 bits per heavy atom. The Labute approximate surface area is 121 Å². The summed E-state index contributed by atoms with van der Waals surface area (Å²) in [6.45, 7) is 0.249. The van der Waals surface area contributed by atoms with Crippen LogP contribution in [0.5, 0.6) is 0 Å². The number of ether oxygens (including phenoxy) is 1. The first-order valence-electron chi connectivity index (χ1n) is 6.96. The Hall–Kier alpha value is -1.95. The average Bonchev–Trinajstić information content (AvgIpc) is 3.06. The molecule has 0 saturated carbocycles. The van der Waals surface area contributed by atoms with Gasteiger partial charge in [0.25, 0.3) is 0 Å². The standard InChI is InChI=1S/C15H16FNO4/c16-9-3-1-8(2-4-9)7-17-14(18)12-10-5-6-11(21-10)13(12)15(19)20/h1-4,10-13H,5-7H2,(H,17,18)(H,19,20). The van der Waals surface area contributed by atoms with Gasteiger partial charge < -0.3 is 15.2 Å². The van der Waals surface area contributed by atoms with Crippen molar-refractivity contribution in [3.05, 3.63) is 35.6 Å². The summed E-state index contributed by atoms with van der Waals surface area (Å²) >= 11 is 0. The number of carbonyl (C=O) groups excluding carboxylic acids is 1. The smallest absolute Gasteiger partial charge is 0.310 e. The Balaban J connectivity index is 1.64. The van der Waals surface area contributed by atoms with Crippen LogP contribution in [0.25, 0.3) is 0 Å². The topological polar surface area (TPSA) is 75.6 Å². The summed E-state index contributed by atoms with van der Waals surface area (Å²) in [5.41, 5.74) is 0.765. The van der Waals surface area contributed by atoms with E-state index in [-0.39, 0.29) is 30.5 Å². The molecule has 3 rings (SSSR count). The van der Waals surface area contributed by atoms with Gasteiger partial charge >= 0.3 is 5.97 Å². The fourth-order valence-corrected chi connectivity index (χ4v) is 3.23. The summed E-state index contributed by atoms with van der Waals surface area (Å²) in [5, 5.41) is 12.0. The van der Waals surface area contributed by atoms with Crippen molar-refractivity contribution in [2.75, 3.05) is 0 Å². The third kappa shape index (κ3) is 2.63. The van der Waals surface area contributed by atoms with E-state index in [0.717, 1.165) is 12.0 Å². The van der Waals surface area contributed by atoms with Gasteiger partial charge in [0, 0.05) is 6.54 Å². The lowest BCUT2D eigenvalue weighted by molar-refractivity contribution is -0.147. The highest BCUT2D eigenvalue weighted by Crippen LogP contribution is 2.43. The molecule has 0 aliphatic carbocycles. The maximum atomic E-state index is 12.8. The lowest BCUT2D eigenvalue weighted by Gasteiger charge is -2.23. The van der Waals surface area contributed by atoms with Gasteiger partial charge in [0.15, 0.2) is 0 Å². The normalized spacial score (nSPS) is 30.3. The van der Waals surface area contributed by atoms with Gasteiger partial charge in [-0.2, -0.15) is 0 Å². The van der Waals surface area contributed by atoms with Gasteiger partial charge in [-0.05, 0) is 30.5 Å². The zero-order valence-electron chi connectivity index (χ0n) is 11.3. The molecule has 2 saturated heterocycles. The molecule has 21 heavy (non-hydrogen) atoms. The van der Waals surface area contributed by atoms with Crippen molar-refractivity contribution in [1.29, 1.82) is 0 Å².